The maximum atomic E-state index is 12.6. The molecule has 2 aromatic carbocycles. The van der Waals surface area contributed by atoms with E-state index < -0.39 is 6.04 Å². The zero-order valence-electron chi connectivity index (χ0n) is 15.8. The maximum absolute atomic E-state index is 12.6. The van der Waals surface area contributed by atoms with E-state index in [-0.39, 0.29) is 11.5 Å². The molecule has 2 aromatic heterocycles. The molecule has 0 aliphatic heterocycles. The Labute approximate surface area is 171 Å². The fourth-order valence-corrected chi connectivity index (χ4v) is 3.78. The van der Waals surface area contributed by atoms with Crippen LogP contribution >= 0.6 is 11.3 Å². The minimum atomic E-state index is -0.754. The number of nitrogens with zero attached hydrogens (tertiary/aromatic N) is 4. The van der Waals surface area contributed by atoms with E-state index in [1.807, 2.05) is 35.7 Å². The third-order valence-corrected chi connectivity index (χ3v) is 5.51. The molecular weight excluding hydrogens is 386 g/mol. The summed E-state index contributed by atoms with van der Waals surface area (Å²) in [6.07, 6.45) is 0.619. The van der Waals surface area contributed by atoms with Crippen molar-refractivity contribution in [3.8, 4) is 11.3 Å². The van der Waals surface area contributed by atoms with E-state index in [0.29, 0.717) is 23.9 Å². The summed E-state index contributed by atoms with van der Waals surface area (Å²) in [5, 5.41) is 14.2. The number of aromatic nitrogens is 4. The van der Waals surface area contributed by atoms with Crippen molar-refractivity contribution >= 4 is 28.1 Å². The summed E-state index contributed by atoms with van der Waals surface area (Å²) in [5.74, 6) is -0.281. The van der Waals surface area contributed by atoms with Gasteiger partial charge in [0.05, 0.1) is 16.1 Å². The van der Waals surface area contributed by atoms with Gasteiger partial charge in [-0.2, -0.15) is 4.68 Å². The Hall–Kier alpha value is -3.39. The predicted molar refractivity (Wildman–Crippen MR) is 113 cm³/mol. The number of thiazole rings is 1. The lowest BCUT2D eigenvalue weighted by atomic mass is 10.2. The minimum Gasteiger partial charge on any atom is -0.354 e. The summed E-state index contributed by atoms with van der Waals surface area (Å²) >= 11 is 1.56. The van der Waals surface area contributed by atoms with Crippen molar-refractivity contribution in [2.24, 2.45) is 0 Å². The molecule has 2 heterocycles. The van der Waals surface area contributed by atoms with Crippen LogP contribution in [0.5, 0.6) is 0 Å². The Kier molecular flexibility index (Phi) is 5.44. The molecule has 4 rings (SSSR count). The largest absolute Gasteiger partial charge is 0.354 e. The highest BCUT2D eigenvalue weighted by molar-refractivity contribution is 7.09. The molecule has 0 aliphatic rings. The lowest BCUT2D eigenvalue weighted by Crippen LogP contribution is -2.38. The fraction of sp³-hybridized carbons (Fsp3) is 0.190. The number of benzene rings is 2. The fourth-order valence-electron chi connectivity index (χ4n) is 2.97. The Morgan fingerprint density at radius 3 is 2.72 bits per heavy atom. The molecule has 0 radical (unpaired) electrons. The molecular formula is C21H19N5O2S. The van der Waals surface area contributed by atoms with Gasteiger partial charge in [0.1, 0.15) is 11.6 Å². The molecule has 8 heteroatoms. The van der Waals surface area contributed by atoms with Gasteiger partial charge >= 0.3 is 0 Å². The Morgan fingerprint density at radius 2 is 1.90 bits per heavy atom. The molecule has 146 valence electrons. The second kappa shape index (κ2) is 8.32. The van der Waals surface area contributed by atoms with Gasteiger partial charge in [-0.1, -0.05) is 47.7 Å². The van der Waals surface area contributed by atoms with E-state index in [9.17, 15) is 9.59 Å². The molecule has 29 heavy (non-hydrogen) atoms. The number of carbonyl (C=O) groups excluding carboxylic acids is 1. The van der Waals surface area contributed by atoms with Crippen molar-refractivity contribution < 1.29 is 4.79 Å². The smallest absolute Gasteiger partial charge is 0.278 e. The second-order valence-electron chi connectivity index (χ2n) is 6.57. The maximum Gasteiger partial charge on any atom is 0.278 e. The number of rotatable bonds is 6. The molecule has 1 unspecified atom stereocenters. The van der Waals surface area contributed by atoms with Crippen molar-refractivity contribution in [2.75, 3.05) is 6.54 Å². The first kappa shape index (κ1) is 18.9. The van der Waals surface area contributed by atoms with Crippen LogP contribution in [0.4, 0.5) is 0 Å². The van der Waals surface area contributed by atoms with Crippen LogP contribution in [0.3, 0.4) is 0 Å². The van der Waals surface area contributed by atoms with E-state index in [2.05, 4.69) is 20.6 Å². The Balaban J connectivity index is 1.38. The average molecular weight is 405 g/mol. The number of nitrogens with one attached hydrogen (secondary N) is 1. The van der Waals surface area contributed by atoms with Gasteiger partial charge in [0.25, 0.3) is 5.56 Å². The minimum absolute atomic E-state index is 0.281. The van der Waals surface area contributed by atoms with Crippen molar-refractivity contribution in [2.45, 2.75) is 19.4 Å². The highest BCUT2D eigenvalue weighted by atomic mass is 32.1. The van der Waals surface area contributed by atoms with Crippen LogP contribution in [-0.4, -0.2) is 32.4 Å². The van der Waals surface area contributed by atoms with E-state index in [1.165, 1.54) is 0 Å². The summed E-state index contributed by atoms with van der Waals surface area (Å²) in [6, 6.07) is 16.2. The van der Waals surface area contributed by atoms with Crippen molar-refractivity contribution in [3.63, 3.8) is 0 Å². The van der Waals surface area contributed by atoms with Crippen molar-refractivity contribution in [1.29, 1.82) is 0 Å². The van der Waals surface area contributed by atoms with Gasteiger partial charge in [-0.05, 0) is 19.1 Å². The SMILES string of the molecule is CC(C(=O)NCCc1nc(-c2ccccc2)cs1)n1nnc2ccccc2c1=O. The monoisotopic (exact) mass is 405 g/mol. The molecule has 0 fully saturated rings. The predicted octanol–water partition coefficient (Wildman–Crippen LogP) is 2.83. The third-order valence-electron chi connectivity index (χ3n) is 4.60. The number of fused-ring (bicyclic) bond motifs is 1. The summed E-state index contributed by atoms with van der Waals surface area (Å²) in [5.41, 5.74) is 2.19. The Morgan fingerprint density at radius 1 is 1.14 bits per heavy atom. The average Bonchev–Trinajstić information content (AvgIpc) is 3.23. The molecule has 0 saturated heterocycles. The van der Waals surface area contributed by atoms with Crippen LogP contribution in [0, 0.1) is 0 Å². The summed E-state index contributed by atoms with van der Waals surface area (Å²) in [6.45, 7) is 2.07. The molecule has 1 amide bonds. The van der Waals surface area contributed by atoms with Crippen LogP contribution in [0.1, 0.15) is 18.0 Å². The summed E-state index contributed by atoms with van der Waals surface area (Å²) < 4.78 is 1.12. The van der Waals surface area contributed by atoms with E-state index in [1.54, 1.807) is 42.5 Å². The quantitative estimate of drug-likeness (QED) is 0.533. The van der Waals surface area contributed by atoms with Gasteiger partial charge in [0, 0.05) is 23.9 Å². The number of hydrogen-bond acceptors (Lipinski definition) is 6. The molecule has 1 atom stereocenters. The molecule has 0 spiro atoms. The number of carbonyl (C=O) groups is 1. The molecule has 7 nitrogen and oxygen atoms in total. The van der Waals surface area contributed by atoms with Crippen LogP contribution in [0.15, 0.2) is 64.8 Å². The van der Waals surface area contributed by atoms with E-state index >= 15 is 0 Å². The van der Waals surface area contributed by atoms with Gasteiger partial charge < -0.3 is 5.32 Å². The Bertz CT molecular complexity index is 1200. The lowest BCUT2D eigenvalue weighted by molar-refractivity contribution is -0.124. The normalized spacial score (nSPS) is 12.0. The first-order chi connectivity index (χ1) is 14.1. The standard InChI is InChI=1S/C21H19N5O2S/c1-14(26-21(28)16-9-5-6-10-17(16)24-25-26)20(27)22-12-11-19-23-18(13-29-19)15-7-3-2-4-8-15/h2-10,13-14H,11-12H2,1H3,(H,22,27). The molecule has 0 aliphatic carbocycles. The third kappa shape index (κ3) is 4.07. The summed E-state index contributed by atoms with van der Waals surface area (Å²) in [7, 11) is 0. The zero-order valence-corrected chi connectivity index (χ0v) is 16.6. The van der Waals surface area contributed by atoms with Gasteiger partial charge in [0.2, 0.25) is 5.91 Å². The van der Waals surface area contributed by atoms with Crippen molar-refractivity contribution in [1.82, 2.24) is 25.3 Å². The first-order valence-corrected chi connectivity index (χ1v) is 10.1. The summed E-state index contributed by atoms with van der Waals surface area (Å²) in [4.78, 5) is 29.7. The molecule has 4 aromatic rings. The first-order valence-electron chi connectivity index (χ1n) is 9.25. The highest BCUT2D eigenvalue weighted by Crippen LogP contribution is 2.21. The topological polar surface area (TPSA) is 89.8 Å². The van der Waals surface area contributed by atoms with Crippen LogP contribution in [-0.2, 0) is 11.2 Å². The van der Waals surface area contributed by atoms with E-state index in [4.69, 9.17) is 0 Å². The second-order valence-corrected chi connectivity index (χ2v) is 7.51. The van der Waals surface area contributed by atoms with Gasteiger partial charge in [-0.25, -0.2) is 4.98 Å². The van der Waals surface area contributed by atoms with E-state index in [0.717, 1.165) is 20.9 Å². The van der Waals surface area contributed by atoms with Gasteiger partial charge in [0.15, 0.2) is 0 Å². The molecule has 0 bridgehead atoms. The van der Waals surface area contributed by atoms with Crippen LogP contribution in [0.2, 0.25) is 0 Å². The molecule has 1 N–H and O–H groups in total. The lowest BCUT2D eigenvalue weighted by Gasteiger charge is -2.13. The van der Waals surface area contributed by atoms with Crippen molar-refractivity contribution in [3.05, 3.63) is 75.3 Å². The van der Waals surface area contributed by atoms with Crippen LogP contribution < -0.4 is 10.9 Å². The van der Waals surface area contributed by atoms with Gasteiger partial charge in [-0.15, -0.1) is 16.4 Å². The highest BCUT2D eigenvalue weighted by Gasteiger charge is 2.19. The number of amides is 1. The number of hydrogen-bond donors (Lipinski definition) is 1. The van der Waals surface area contributed by atoms with Gasteiger partial charge in [-0.3, -0.25) is 9.59 Å². The zero-order chi connectivity index (χ0) is 20.2. The molecule has 0 saturated carbocycles. The van der Waals surface area contributed by atoms with Crippen LogP contribution in [0.25, 0.3) is 22.2 Å².